The van der Waals surface area contributed by atoms with E-state index < -0.39 is 0 Å². The van der Waals surface area contributed by atoms with Crippen LogP contribution in [0, 0.1) is 11.3 Å². The number of rotatable bonds is 6. The standard InChI is InChI=1S/C31H27N7O/c32-19-29-33-15-12-28(37-29)34-24-13-16-38(17-14-24)20-21-6-8-23(9-7-21)31-25(22-4-2-1-3-5-22)18-27-26(36-31)10-11-30(39)35-27/h1-12,15,18,24H,13-14,16-17,20H2,(H,35,39)(H,33,34,37). The highest BCUT2D eigenvalue weighted by molar-refractivity contribution is 5.89. The number of pyridine rings is 2. The van der Waals surface area contributed by atoms with E-state index in [9.17, 15) is 4.79 Å². The quantitative estimate of drug-likeness (QED) is 0.329. The molecule has 8 heteroatoms. The first-order valence-corrected chi connectivity index (χ1v) is 13.1. The van der Waals surface area contributed by atoms with Crippen LogP contribution in [0.4, 0.5) is 5.82 Å². The van der Waals surface area contributed by atoms with Gasteiger partial charge >= 0.3 is 0 Å². The van der Waals surface area contributed by atoms with Crippen molar-refractivity contribution in [3.63, 3.8) is 0 Å². The van der Waals surface area contributed by atoms with Crippen molar-refractivity contribution >= 4 is 16.9 Å². The van der Waals surface area contributed by atoms with E-state index in [1.54, 1.807) is 12.3 Å². The molecule has 192 valence electrons. The van der Waals surface area contributed by atoms with Crippen LogP contribution >= 0.6 is 0 Å². The molecule has 1 aliphatic rings. The van der Waals surface area contributed by atoms with Crippen LogP contribution in [0.1, 0.15) is 24.2 Å². The molecule has 0 bridgehead atoms. The van der Waals surface area contributed by atoms with E-state index in [0.717, 1.165) is 65.9 Å². The number of H-pyrrole nitrogens is 1. The summed E-state index contributed by atoms with van der Waals surface area (Å²) in [5, 5.41) is 12.5. The van der Waals surface area contributed by atoms with Crippen molar-refractivity contribution in [3.05, 3.63) is 107 Å². The van der Waals surface area contributed by atoms with E-state index in [1.165, 1.54) is 11.6 Å². The van der Waals surface area contributed by atoms with Gasteiger partial charge in [-0.1, -0.05) is 54.6 Å². The van der Waals surface area contributed by atoms with Crippen LogP contribution in [0.15, 0.2) is 89.9 Å². The average Bonchev–Trinajstić information content (AvgIpc) is 2.98. The van der Waals surface area contributed by atoms with Crippen LogP contribution in [0.25, 0.3) is 33.4 Å². The Bertz CT molecular complexity index is 1700. The summed E-state index contributed by atoms with van der Waals surface area (Å²) in [4.78, 5) is 30.4. The lowest BCUT2D eigenvalue weighted by Gasteiger charge is -2.32. The number of aromatic nitrogens is 4. The molecule has 1 saturated heterocycles. The molecule has 0 amide bonds. The molecular formula is C31H27N7O. The Morgan fingerprint density at radius 2 is 1.74 bits per heavy atom. The summed E-state index contributed by atoms with van der Waals surface area (Å²) in [6.45, 7) is 2.85. The van der Waals surface area contributed by atoms with Crippen molar-refractivity contribution in [1.82, 2.24) is 24.8 Å². The molecule has 3 aromatic heterocycles. The second-order valence-electron chi connectivity index (χ2n) is 9.77. The lowest BCUT2D eigenvalue weighted by atomic mass is 9.97. The van der Waals surface area contributed by atoms with Gasteiger partial charge in [0.05, 0.1) is 16.7 Å². The molecule has 1 aliphatic heterocycles. The minimum Gasteiger partial charge on any atom is -0.367 e. The monoisotopic (exact) mass is 513 g/mol. The Morgan fingerprint density at radius 3 is 2.51 bits per heavy atom. The first-order chi connectivity index (χ1) is 19.1. The maximum Gasteiger partial charge on any atom is 0.248 e. The van der Waals surface area contributed by atoms with Gasteiger partial charge in [-0.25, -0.2) is 15.0 Å². The third-order valence-electron chi connectivity index (χ3n) is 7.12. The van der Waals surface area contributed by atoms with Crippen molar-refractivity contribution in [2.45, 2.75) is 25.4 Å². The zero-order chi connectivity index (χ0) is 26.6. The number of nitrogens with zero attached hydrogens (tertiary/aromatic N) is 5. The van der Waals surface area contributed by atoms with Crippen molar-refractivity contribution in [2.24, 2.45) is 0 Å². The maximum absolute atomic E-state index is 11.9. The minimum absolute atomic E-state index is 0.137. The van der Waals surface area contributed by atoms with Crippen molar-refractivity contribution in [2.75, 3.05) is 18.4 Å². The van der Waals surface area contributed by atoms with Crippen molar-refractivity contribution in [3.8, 4) is 28.5 Å². The number of piperidine rings is 1. The Kier molecular flexibility index (Phi) is 6.81. The molecule has 0 radical (unpaired) electrons. The first kappa shape index (κ1) is 24.5. The topological polar surface area (TPSA) is 111 Å². The average molecular weight is 514 g/mol. The third kappa shape index (κ3) is 5.54. The molecule has 2 aromatic carbocycles. The fourth-order valence-corrected chi connectivity index (χ4v) is 5.11. The minimum atomic E-state index is -0.137. The van der Waals surface area contributed by atoms with Gasteiger partial charge in [-0.2, -0.15) is 5.26 Å². The number of benzene rings is 2. The molecule has 4 heterocycles. The van der Waals surface area contributed by atoms with Crippen LogP contribution in [0.5, 0.6) is 0 Å². The SMILES string of the molecule is N#Cc1nccc(NC2CCN(Cc3ccc(-c4nc5ccc(=O)[nH]c5cc4-c4ccccc4)cc3)CC2)n1. The molecule has 0 unspecified atom stereocenters. The van der Waals surface area contributed by atoms with Gasteiger partial charge in [0.1, 0.15) is 11.9 Å². The van der Waals surface area contributed by atoms with Gasteiger partial charge in [0, 0.05) is 49.1 Å². The van der Waals surface area contributed by atoms with Crippen molar-refractivity contribution in [1.29, 1.82) is 5.26 Å². The summed E-state index contributed by atoms with van der Waals surface area (Å²) < 4.78 is 0. The molecule has 8 nitrogen and oxygen atoms in total. The number of fused-ring (bicyclic) bond motifs is 1. The maximum atomic E-state index is 11.9. The van der Waals surface area contributed by atoms with Crippen LogP contribution in [-0.4, -0.2) is 44.0 Å². The van der Waals surface area contributed by atoms with Crippen LogP contribution < -0.4 is 10.9 Å². The summed E-state index contributed by atoms with van der Waals surface area (Å²) in [5.41, 5.74) is 6.57. The van der Waals surface area contributed by atoms with E-state index in [2.05, 4.69) is 61.6 Å². The molecule has 6 rings (SSSR count). The van der Waals surface area contributed by atoms with E-state index in [4.69, 9.17) is 10.2 Å². The fraction of sp³-hybridized carbons (Fsp3) is 0.194. The zero-order valence-corrected chi connectivity index (χ0v) is 21.3. The number of anilines is 1. The van der Waals surface area contributed by atoms with Crippen LogP contribution in [0.3, 0.4) is 0 Å². The Hall–Kier alpha value is -4.87. The smallest absolute Gasteiger partial charge is 0.248 e. The van der Waals surface area contributed by atoms with E-state index in [1.807, 2.05) is 36.4 Å². The largest absolute Gasteiger partial charge is 0.367 e. The Balaban J connectivity index is 1.16. The second-order valence-corrected chi connectivity index (χ2v) is 9.77. The number of nitriles is 1. The predicted molar refractivity (Wildman–Crippen MR) is 152 cm³/mol. The summed E-state index contributed by atoms with van der Waals surface area (Å²) in [6, 6.07) is 28.2. The highest BCUT2D eigenvalue weighted by atomic mass is 16.1. The second kappa shape index (κ2) is 10.9. The predicted octanol–water partition coefficient (Wildman–Crippen LogP) is 5.00. The highest BCUT2D eigenvalue weighted by Gasteiger charge is 2.20. The Labute approximate surface area is 226 Å². The van der Waals surface area contributed by atoms with Gasteiger partial charge in [-0.05, 0) is 42.2 Å². The first-order valence-electron chi connectivity index (χ1n) is 13.1. The summed E-state index contributed by atoms with van der Waals surface area (Å²) in [6.07, 6.45) is 3.63. The molecule has 39 heavy (non-hydrogen) atoms. The number of hydrogen-bond donors (Lipinski definition) is 2. The van der Waals surface area contributed by atoms with Gasteiger partial charge < -0.3 is 10.3 Å². The van der Waals surface area contributed by atoms with E-state index >= 15 is 0 Å². The molecule has 0 saturated carbocycles. The molecule has 0 spiro atoms. The number of aromatic amines is 1. The van der Waals surface area contributed by atoms with Crippen LogP contribution in [-0.2, 0) is 6.54 Å². The zero-order valence-electron chi connectivity index (χ0n) is 21.3. The lowest BCUT2D eigenvalue weighted by Crippen LogP contribution is -2.38. The molecule has 0 aliphatic carbocycles. The molecular weight excluding hydrogens is 486 g/mol. The van der Waals surface area contributed by atoms with Gasteiger partial charge in [0.25, 0.3) is 0 Å². The number of nitrogens with one attached hydrogen (secondary N) is 2. The fourth-order valence-electron chi connectivity index (χ4n) is 5.11. The van der Waals surface area contributed by atoms with Gasteiger partial charge in [-0.3, -0.25) is 9.69 Å². The molecule has 2 N–H and O–H groups in total. The van der Waals surface area contributed by atoms with E-state index in [-0.39, 0.29) is 11.4 Å². The van der Waals surface area contributed by atoms with Gasteiger partial charge in [-0.15, -0.1) is 0 Å². The highest BCUT2D eigenvalue weighted by Crippen LogP contribution is 2.33. The summed E-state index contributed by atoms with van der Waals surface area (Å²) in [5.74, 6) is 0.893. The molecule has 0 atom stereocenters. The number of hydrogen-bond acceptors (Lipinski definition) is 7. The van der Waals surface area contributed by atoms with Gasteiger partial charge in [0.2, 0.25) is 11.4 Å². The van der Waals surface area contributed by atoms with Crippen molar-refractivity contribution < 1.29 is 0 Å². The van der Waals surface area contributed by atoms with Crippen LogP contribution in [0.2, 0.25) is 0 Å². The summed E-state index contributed by atoms with van der Waals surface area (Å²) in [7, 11) is 0. The van der Waals surface area contributed by atoms with E-state index in [0.29, 0.717) is 11.9 Å². The third-order valence-corrected chi connectivity index (χ3v) is 7.12. The summed E-state index contributed by atoms with van der Waals surface area (Å²) >= 11 is 0. The lowest BCUT2D eigenvalue weighted by molar-refractivity contribution is 0.211. The Morgan fingerprint density at radius 1 is 0.949 bits per heavy atom. The molecule has 1 fully saturated rings. The number of likely N-dealkylation sites (tertiary alicyclic amines) is 1. The molecule has 5 aromatic rings. The normalized spacial score (nSPS) is 14.2. The van der Waals surface area contributed by atoms with Gasteiger partial charge in [0.15, 0.2) is 0 Å².